The first-order valence-electron chi connectivity index (χ1n) is 8.10. The first-order chi connectivity index (χ1) is 12.1. The largest absolute Gasteiger partial charge is 0.495 e. The summed E-state index contributed by atoms with van der Waals surface area (Å²) in [6.45, 7) is 7.77. The number of methoxy groups -OCH3 is 1. The van der Waals surface area contributed by atoms with E-state index < -0.39 is 0 Å². The van der Waals surface area contributed by atoms with Crippen LogP contribution in [0.15, 0.2) is 58.2 Å². The Morgan fingerprint density at radius 2 is 2.16 bits per heavy atom. The number of nitrogens with one attached hydrogen (secondary N) is 2. The Bertz CT molecular complexity index is 711. The van der Waals surface area contributed by atoms with Crippen LogP contribution in [0.4, 0.5) is 0 Å². The topological polar surface area (TPSA) is 58.8 Å². The number of rotatable bonds is 8. The quantitative estimate of drug-likeness (QED) is 0.426. The molecule has 0 saturated carbocycles. The molecule has 2 N–H and O–H groups in total. The third-order valence-electron chi connectivity index (χ3n) is 3.44. The van der Waals surface area contributed by atoms with Gasteiger partial charge in [-0.1, -0.05) is 29.8 Å². The van der Waals surface area contributed by atoms with Crippen LogP contribution in [0, 0.1) is 0 Å². The Morgan fingerprint density at radius 3 is 2.80 bits per heavy atom. The number of hydrogen-bond donors (Lipinski definition) is 2. The maximum absolute atomic E-state index is 6.16. The normalized spacial score (nSPS) is 11.2. The van der Waals surface area contributed by atoms with Gasteiger partial charge in [0.1, 0.15) is 11.5 Å². The minimum atomic E-state index is 0.510. The van der Waals surface area contributed by atoms with E-state index in [1.54, 1.807) is 13.4 Å². The predicted molar refractivity (Wildman–Crippen MR) is 102 cm³/mol. The van der Waals surface area contributed by atoms with Crippen LogP contribution in [0.5, 0.6) is 5.75 Å². The lowest BCUT2D eigenvalue weighted by atomic mass is 10.2. The van der Waals surface area contributed by atoms with Crippen LogP contribution < -0.4 is 15.4 Å². The van der Waals surface area contributed by atoms with Gasteiger partial charge in [0.25, 0.3) is 0 Å². The number of hydrogen-bond acceptors (Lipinski definition) is 3. The Kier molecular flexibility index (Phi) is 7.41. The van der Waals surface area contributed by atoms with Crippen LogP contribution in [0.3, 0.4) is 0 Å². The van der Waals surface area contributed by atoms with Gasteiger partial charge in [-0.3, -0.25) is 0 Å². The number of furan rings is 1. The molecule has 0 amide bonds. The van der Waals surface area contributed by atoms with Crippen molar-refractivity contribution in [2.45, 2.75) is 19.9 Å². The molecule has 0 atom stereocenters. The minimum absolute atomic E-state index is 0.510. The van der Waals surface area contributed by atoms with Crippen molar-refractivity contribution in [2.24, 2.45) is 4.99 Å². The van der Waals surface area contributed by atoms with Gasteiger partial charge in [0.05, 0.1) is 24.9 Å². The molecule has 0 aliphatic rings. The fraction of sp³-hybridized carbons (Fsp3) is 0.316. The Morgan fingerprint density at radius 1 is 1.32 bits per heavy atom. The van der Waals surface area contributed by atoms with Crippen LogP contribution in [-0.4, -0.2) is 26.2 Å². The maximum Gasteiger partial charge on any atom is 0.191 e. The van der Waals surface area contributed by atoms with E-state index in [1.807, 2.05) is 37.3 Å². The van der Waals surface area contributed by atoms with E-state index in [4.69, 9.17) is 20.8 Å². The zero-order valence-electron chi connectivity index (χ0n) is 14.6. The molecule has 0 unspecified atom stereocenters. The lowest BCUT2D eigenvalue weighted by Gasteiger charge is -2.12. The summed E-state index contributed by atoms with van der Waals surface area (Å²) >= 11 is 6.16. The molecule has 0 radical (unpaired) electrons. The summed E-state index contributed by atoms with van der Waals surface area (Å²) in [4.78, 5) is 4.60. The average molecular weight is 362 g/mol. The smallest absolute Gasteiger partial charge is 0.191 e. The molecule has 0 spiro atoms. The lowest BCUT2D eigenvalue weighted by Crippen LogP contribution is -2.39. The van der Waals surface area contributed by atoms with Crippen molar-refractivity contribution < 1.29 is 9.15 Å². The second-order valence-electron chi connectivity index (χ2n) is 5.70. The Labute approximate surface area is 153 Å². The molecule has 1 aromatic heterocycles. The summed E-state index contributed by atoms with van der Waals surface area (Å²) in [5.41, 5.74) is 2.04. The molecule has 1 aromatic carbocycles. The number of aliphatic imine (C=N–C) groups is 1. The SMILES string of the molecule is C=C(C)CNC(=NCc1ccc(OC)c(Cl)c1)NCCc1ccco1. The van der Waals surface area contributed by atoms with E-state index in [1.165, 1.54) is 0 Å². The van der Waals surface area contributed by atoms with E-state index in [0.717, 1.165) is 35.8 Å². The van der Waals surface area contributed by atoms with Gasteiger partial charge in [-0.15, -0.1) is 0 Å². The van der Waals surface area contributed by atoms with E-state index in [9.17, 15) is 0 Å². The van der Waals surface area contributed by atoms with Crippen molar-refractivity contribution in [3.63, 3.8) is 0 Å². The van der Waals surface area contributed by atoms with E-state index in [2.05, 4.69) is 22.2 Å². The number of nitrogens with zero attached hydrogens (tertiary/aromatic N) is 1. The summed E-state index contributed by atoms with van der Waals surface area (Å²) in [5.74, 6) is 2.32. The zero-order chi connectivity index (χ0) is 18.1. The van der Waals surface area contributed by atoms with Gasteiger partial charge in [-0.2, -0.15) is 0 Å². The molecule has 0 bridgehead atoms. The highest BCUT2D eigenvalue weighted by molar-refractivity contribution is 6.32. The summed E-state index contributed by atoms with van der Waals surface area (Å²) < 4.78 is 10.5. The van der Waals surface area contributed by atoms with Gasteiger partial charge in [-0.25, -0.2) is 4.99 Å². The third-order valence-corrected chi connectivity index (χ3v) is 3.73. The molecule has 5 nitrogen and oxygen atoms in total. The summed E-state index contributed by atoms with van der Waals surface area (Å²) in [6.07, 6.45) is 2.46. The molecule has 1 heterocycles. The van der Waals surface area contributed by atoms with Gasteiger partial charge in [-0.05, 0) is 36.8 Å². The van der Waals surface area contributed by atoms with E-state index >= 15 is 0 Å². The van der Waals surface area contributed by atoms with E-state index in [-0.39, 0.29) is 0 Å². The number of guanidine groups is 1. The summed E-state index contributed by atoms with van der Waals surface area (Å²) in [6, 6.07) is 9.51. The van der Waals surface area contributed by atoms with Gasteiger partial charge in [0.15, 0.2) is 5.96 Å². The second-order valence-corrected chi connectivity index (χ2v) is 6.11. The predicted octanol–water partition coefficient (Wildman–Crippen LogP) is 3.80. The third kappa shape index (κ3) is 6.55. The summed E-state index contributed by atoms with van der Waals surface area (Å²) in [7, 11) is 1.60. The van der Waals surface area contributed by atoms with Gasteiger partial charge < -0.3 is 19.8 Å². The summed E-state index contributed by atoms with van der Waals surface area (Å²) in [5, 5.41) is 7.14. The Balaban J connectivity index is 1.96. The monoisotopic (exact) mass is 361 g/mol. The van der Waals surface area contributed by atoms with Crippen molar-refractivity contribution in [3.05, 3.63) is 65.1 Å². The molecule has 2 aromatic rings. The molecule has 25 heavy (non-hydrogen) atoms. The molecular formula is C19H24ClN3O2. The molecule has 0 aliphatic heterocycles. The maximum atomic E-state index is 6.16. The van der Waals surface area contributed by atoms with Crippen molar-refractivity contribution in [3.8, 4) is 5.75 Å². The zero-order valence-corrected chi connectivity index (χ0v) is 15.4. The molecule has 0 saturated heterocycles. The molecule has 2 rings (SSSR count). The van der Waals surface area contributed by atoms with E-state index in [0.29, 0.717) is 23.9 Å². The van der Waals surface area contributed by atoms with Crippen LogP contribution in [0.1, 0.15) is 18.2 Å². The van der Waals surface area contributed by atoms with Crippen LogP contribution in [-0.2, 0) is 13.0 Å². The van der Waals surface area contributed by atoms with Crippen LogP contribution in [0.25, 0.3) is 0 Å². The second kappa shape index (κ2) is 9.79. The molecule has 134 valence electrons. The van der Waals surface area contributed by atoms with Crippen molar-refractivity contribution in [1.29, 1.82) is 0 Å². The first kappa shape index (κ1) is 18.9. The van der Waals surface area contributed by atoms with Gasteiger partial charge in [0.2, 0.25) is 0 Å². The standard InChI is InChI=1S/C19H24ClN3O2/c1-14(2)12-22-19(21-9-8-16-5-4-10-25-16)23-13-15-6-7-18(24-3)17(20)11-15/h4-7,10-11H,1,8-9,12-13H2,2-3H3,(H2,21,22,23). The minimum Gasteiger partial charge on any atom is -0.495 e. The van der Waals surface area contributed by atoms with Crippen LogP contribution >= 0.6 is 11.6 Å². The van der Waals surface area contributed by atoms with Crippen molar-refractivity contribution in [2.75, 3.05) is 20.2 Å². The molecule has 6 heteroatoms. The lowest BCUT2D eigenvalue weighted by molar-refractivity contribution is 0.415. The van der Waals surface area contributed by atoms with Crippen LogP contribution in [0.2, 0.25) is 5.02 Å². The molecule has 0 aliphatic carbocycles. The van der Waals surface area contributed by atoms with Crippen molar-refractivity contribution in [1.82, 2.24) is 10.6 Å². The Hall–Kier alpha value is -2.40. The highest BCUT2D eigenvalue weighted by Gasteiger charge is 2.03. The van der Waals surface area contributed by atoms with Crippen molar-refractivity contribution >= 4 is 17.6 Å². The molecular weight excluding hydrogens is 338 g/mol. The number of halogens is 1. The number of benzene rings is 1. The molecule has 0 fully saturated rings. The average Bonchev–Trinajstić information content (AvgIpc) is 3.10. The first-order valence-corrected chi connectivity index (χ1v) is 8.47. The van der Waals surface area contributed by atoms with Gasteiger partial charge in [0, 0.05) is 19.5 Å². The fourth-order valence-electron chi connectivity index (χ4n) is 2.15. The van der Waals surface area contributed by atoms with Gasteiger partial charge >= 0.3 is 0 Å². The fourth-order valence-corrected chi connectivity index (χ4v) is 2.43. The highest BCUT2D eigenvalue weighted by atomic mass is 35.5. The number of ether oxygens (including phenoxy) is 1. The highest BCUT2D eigenvalue weighted by Crippen LogP contribution is 2.25.